The van der Waals surface area contributed by atoms with Crippen LogP contribution in [0.4, 0.5) is 10.8 Å². The fourth-order valence-electron chi connectivity index (χ4n) is 4.06. The van der Waals surface area contributed by atoms with Crippen LogP contribution in [-0.4, -0.2) is 50.9 Å². The van der Waals surface area contributed by atoms with Gasteiger partial charge in [-0.1, -0.05) is 11.6 Å². The number of halogens is 1. The van der Waals surface area contributed by atoms with Gasteiger partial charge in [-0.15, -0.1) is 11.3 Å². The van der Waals surface area contributed by atoms with Crippen molar-refractivity contribution < 1.29 is 22.8 Å². The van der Waals surface area contributed by atoms with Crippen LogP contribution in [0.25, 0.3) is 0 Å². The Hall–Kier alpha value is -2.89. The number of ether oxygens (including phenoxy) is 2. The van der Waals surface area contributed by atoms with Crippen molar-refractivity contribution in [1.82, 2.24) is 4.98 Å². The van der Waals surface area contributed by atoms with Gasteiger partial charge in [-0.25, -0.2) is 13.4 Å². The van der Waals surface area contributed by atoms with Crippen molar-refractivity contribution in [2.24, 2.45) is 0 Å². The van der Waals surface area contributed by atoms with Gasteiger partial charge in [0.1, 0.15) is 16.5 Å². The molecule has 1 fully saturated rings. The van der Waals surface area contributed by atoms with Crippen LogP contribution in [0.1, 0.15) is 24.1 Å². The van der Waals surface area contributed by atoms with E-state index >= 15 is 0 Å². The van der Waals surface area contributed by atoms with E-state index in [2.05, 4.69) is 4.90 Å². The summed E-state index contributed by atoms with van der Waals surface area (Å²) in [7, 11) is -0.502. The van der Waals surface area contributed by atoms with Crippen LogP contribution in [0.3, 0.4) is 0 Å². The molecule has 0 N–H and O–H groups in total. The van der Waals surface area contributed by atoms with Gasteiger partial charge in [0, 0.05) is 37.0 Å². The van der Waals surface area contributed by atoms with E-state index in [9.17, 15) is 18.5 Å². The lowest BCUT2D eigenvalue weighted by Gasteiger charge is -2.31. The van der Waals surface area contributed by atoms with Crippen LogP contribution in [0.2, 0.25) is 5.02 Å². The van der Waals surface area contributed by atoms with Gasteiger partial charge >= 0.3 is 0 Å². The van der Waals surface area contributed by atoms with Gasteiger partial charge in [0.25, 0.3) is 5.69 Å². The highest BCUT2D eigenvalue weighted by Gasteiger charge is 2.33. The second-order valence-electron chi connectivity index (χ2n) is 8.12. The third-order valence-corrected chi connectivity index (χ3v) is 9.46. The first-order valence-corrected chi connectivity index (χ1v) is 13.6. The largest absolute Gasteiger partial charge is 0.497 e. The van der Waals surface area contributed by atoms with Crippen molar-refractivity contribution in [1.29, 1.82) is 0 Å². The Kier molecular flexibility index (Phi) is 7.48. The van der Waals surface area contributed by atoms with Gasteiger partial charge in [-0.3, -0.25) is 10.1 Å². The van der Waals surface area contributed by atoms with Crippen molar-refractivity contribution in [2.45, 2.75) is 29.4 Å². The van der Waals surface area contributed by atoms with E-state index in [4.69, 9.17) is 26.1 Å². The van der Waals surface area contributed by atoms with E-state index in [0.29, 0.717) is 43.9 Å². The van der Waals surface area contributed by atoms with Crippen LogP contribution in [0, 0.1) is 10.1 Å². The van der Waals surface area contributed by atoms with E-state index in [0.717, 1.165) is 22.5 Å². The smallest absolute Gasteiger partial charge is 0.289 e. The third-order valence-electron chi connectivity index (χ3n) is 5.93. The zero-order valence-corrected chi connectivity index (χ0v) is 21.5. The summed E-state index contributed by atoms with van der Waals surface area (Å²) in [6.07, 6.45) is 1.42. The Bertz CT molecular complexity index is 1310. The van der Waals surface area contributed by atoms with Crippen molar-refractivity contribution in [3.05, 3.63) is 68.2 Å². The molecule has 0 unspecified atom stereocenters. The van der Waals surface area contributed by atoms with Crippen molar-refractivity contribution >= 4 is 43.6 Å². The number of benzene rings is 2. The Balaban J connectivity index is 1.43. The Morgan fingerprint density at radius 1 is 1.14 bits per heavy atom. The molecule has 0 bridgehead atoms. The molecule has 0 aliphatic carbocycles. The van der Waals surface area contributed by atoms with Gasteiger partial charge in [0.15, 0.2) is 15.0 Å². The van der Waals surface area contributed by atoms with Gasteiger partial charge in [0.2, 0.25) is 0 Å². The number of aromatic nitrogens is 1. The van der Waals surface area contributed by atoms with Crippen LogP contribution in [-0.2, 0) is 16.3 Å². The topological polar surface area (TPSA) is 112 Å². The minimum Gasteiger partial charge on any atom is -0.497 e. The van der Waals surface area contributed by atoms with Crippen LogP contribution in [0.15, 0.2) is 46.7 Å². The Morgan fingerprint density at radius 3 is 2.40 bits per heavy atom. The molecule has 2 heterocycles. The number of thiazole rings is 1. The number of piperidine rings is 1. The number of hydrogen-bond donors (Lipinski definition) is 0. The lowest BCUT2D eigenvalue weighted by Crippen LogP contribution is -2.39. The van der Waals surface area contributed by atoms with E-state index in [1.54, 1.807) is 14.2 Å². The molecular weight excluding hydrogens is 514 g/mol. The second kappa shape index (κ2) is 10.4. The highest BCUT2D eigenvalue weighted by Crippen LogP contribution is 2.33. The standard InChI is InChI=1S/C23H24ClN3O6S2/c1-32-17-10-15(11-18(12-17)33-2)9-16-14-34-23(25-16)26-7-5-19(6-8-26)35(30,31)20-3-4-21(24)22(13-20)27(28)29/h3-4,10-14,19H,5-9H2,1-2H3. The minimum atomic E-state index is -3.72. The number of rotatable bonds is 8. The van der Waals surface area contributed by atoms with Gasteiger partial charge < -0.3 is 14.4 Å². The zero-order valence-electron chi connectivity index (χ0n) is 19.1. The quantitative estimate of drug-likeness (QED) is 0.299. The zero-order chi connectivity index (χ0) is 25.2. The predicted molar refractivity (Wildman–Crippen MR) is 135 cm³/mol. The molecule has 186 valence electrons. The molecule has 0 radical (unpaired) electrons. The molecule has 2 aromatic carbocycles. The molecule has 1 saturated heterocycles. The number of sulfone groups is 1. The SMILES string of the molecule is COc1cc(Cc2csc(N3CCC(S(=O)(=O)c4ccc(Cl)c([N+](=O)[O-])c4)CC3)n2)cc(OC)c1. The summed E-state index contributed by atoms with van der Waals surface area (Å²) < 4.78 is 36.9. The molecule has 0 atom stereocenters. The maximum absolute atomic E-state index is 13.1. The Labute approximate surface area is 212 Å². The lowest BCUT2D eigenvalue weighted by atomic mass is 10.1. The highest BCUT2D eigenvalue weighted by atomic mass is 35.5. The highest BCUT2D eigenvalue weighted by molar-refractivity contribution is 7.92. The number of nitrogens with zero attached hydrogens (tertiary/aromatic N) is 3. The number of nitro groups is 1. The fraction of sp³-hybridized carbons (Fsp3) is 0.348. The number of methoxy groups -OCH3 is 2. The summed E-state index contributed by atoms with van der Waals surface area (Å²) in [6, 6.07) is 9.34. The van der Waals surface area contributed by atoms with E-state index in [-0.39, 0.29) is 9.92 Å². The molecular formula is C23H24ClN3O6S2. The van der Waals surface area contributed by atoms with E-state index in [1.165, 1.54) is 23.5 Å². The number of anilines is 1. The fourth-order valence-corrected chi connectivity index (χ4v) is 6.88. The first-order valence-electron chi connectivity index (χ1n) is 10.8. The second-order valence-corrected chi connectivity index (χ2v) is 11.6. The first-order chi connectivity index (χ1) is 16.7. The third kappa shape index (κ3) is 5.52. The monoisotopic (exact) mass is 537 g/mol. The predicted octanol–water partition coefficient (Wildman–Crippen LogP) is 4.76. The van der Waals surface area contributed by atoms with Crippen LogP contribution >= 0.6 is 22.9 Å². The molecule has 4 rings (SSSR count). The molecule has 1 aliphatic heterocycles. The maximum atomic E-state index is 13.1. The van der Waals surface area contributed by atoms with Gasteiger partial charge in [0.05, 0.1) is 35.0 Å². The van der Waals surface area contributed by atoms with E-state index in [1.807, 2.05) is 23.6 Å². The summed E-state index contributed by atoms with van der Waals surface area (Å²) in [5.74, 6) is 1.42. The molecule has 12 heteroatoms. The van der Waals surface area contributed by atoms with E-state index < -0.39 is 25.7 Å². The Morgan fingerprint density at radius 2 is 1.80 bits per heavy atom. The molecule has 0 spiro atoms. The minimum absolute atomic E-state index is 0.0719. The van der Waals surface area contributed by atoms with Crippen LogP contribution < -0.4 is 14.4 Å². The molecule has 0 saturated carbocycles. The molecule has 35 heavy (non-hydrogen) atoms. The molecule has 1 aliphatic rings. The molecule has 0 amide bonds. The molecule has 9 nitrogen and oxygen atoms in total. The summed E-state index contributed by atoms with van der Waals surface area (Å²) >= 11 is 7.36. The van der Waals surface area contributed by atoms with Crippen LogP contribution in [0.5, 0.6) is 11.5 Å². The van der Waals surface area contributed by atoms with Crippen molar-refractivity contribution in [2.75, 3.05) is 32.2 Å². The summed E-state index contributed by atoms with van der Waals surface area (Å²) in [6.45, 7) is 1.05. The maximum Gasteiger partial charge on any atom is 0.289 e. The average Bonchev–Trinajstić information content (AvgIpc) is 3.32. The number of nitro benzene ring substituents is 1. The van der Waals surface area contributed by atoms with Gasteiger partial charge in [-0.05, 0) is 42.7 Å². The average molecular weight is 538 g/mol. The lowest BCUT2D eigenvalue weighted by molar-refractivity contribution is -0.384. The van der Waals surface area contributed by atoms with Crippen molar-refractivity contribution in [3.8, 4) is 11.5 Å². The number of hydrogen-bond acceptors (Lipinski definition) is 9. The summed E-state index contributed by atoms with van der Waals surface area (Å²) in [4.78, 5) is 17.2. The summed E-state index contributed by atoms with van der Waals surface area (Å²) in [5, 5.41) is 13.3. The molecule has 1 aromatic heterocycles. The summed E-state index contributed by atoms with van der Waals surface area (Å²) in [5.41, 5.74) is 1.51. The first kappa shape index (κ1) is 25.2. The van der Waals surface area contributed by atoms with Crippen molar-refractivity contribution in [3.63, 3.8) is 0 Å². The molecule has 3 aromatic rings. The van der Waals surface area contributed by atoms with Gasteiger partial charge in [-0.2, -0.15) is 0 Å². The normalized spacial score (nSPS) is 14.7.